The molecule has 1 atom stereocenters. The number of rotatable bonds is 3. The van der Waals surface area contributed by atoms with Crippen LogP contribution < -0.4 is 5.56 Å². The van der Waals surface area contributed by atoms with E-state index < -0.39 is 0 Å². The molecule has 0 radical (unpaired) electrons. The molecule has 1 N–H and O–H groups in total. The van der Waals surface area contributed by atoms with Gasteiger partial charge in [-0.25, -0.2) is 4.98 Å². The molecule has 2 heterocycles. The van der Waals surface area contributed by atoms with E-state index in [1.165, 1.54) is 12.8 Å². The van der Waals surface area contributed by atoms with Crippen LogP contribution in [0.1, 0.15) is 36.7 Å². The van der Waals surface area contributed by atoms with E-state index in [2.05, 4.69) is 32.6 Å². The summed E-state index contributed by atoms with van der Waals surface area (Å²) in [6, 6.07) is 0. The number of hydrogen-bond acceptors (Lipinski definition) is 3. The fourth-order valence-corrected chi connectivity index (χ4v) is 2.96. The van der Waals surface area contributed by atoms with Crippen molar-refractivity contribution in [1.82, 2.24) is 9.97 Å². The lowest BCUT2D eigenvalue weighted by atomic mass is 10.0. The van der Waals surface area contributed by atoms with Crippen LogP contribution in [0.2, 0.25) is 0 Å². The molecule has 2 fully saturated rings. The highest BCUT2D eigenvalue weighted by Crippen LogP contribution is 2.40. The molecule has 3 rings (SSSR count). The molecule has 0 bridgehead atoms. The monoisotopic (exact) mass is 346 g/mol. The molecule has 5 heteroatoms. The van der Waals surface area contributed by atoms with Crippen molar-refractivity contribution in [2.24, 2.45) is 5.92 Å². The van der Waals surface area contributed by atoms with Crippen molar-refractivity contribution < 1.29 is 4.74 Å². The summed E-state index contributed by atoms with van der Waals surface area (Å²) in [5, 5.41) is 0. The van der Waals surface area contributed by atoms with Crippen LogP contribution in [0, 0.1) is 9.49 Å². The number of nitrogens with zero attached hydrogens (tertiary/aromatic N) is 1. The zero-order chi connectivity index (χ0) is 11.8. The first-order valence-corrected chi connectivity index (χ1v) is 7.18. The van der Waals surface area contributed by atoms with Crippen molar-refractivity contribution in [2.45, 2.75) is 31.6 Å². The highest BCUT2D eigenvalue weighted by molar-refractivity contribution is 14.1. The molecule has 0 spiro atoms. The first-order valence-electron chi connectivity index (χ1n) is 6.10. The average Bonchev–Trinajstić information content (AvgIpc) is 3.02. The number of H-pyrrole nitrogens is 1. The third kappa shape index (κ3) is 2.54. The maximum Gasteiger partial charge on any atom is 0.264 e. The third-order valence-corrected chi connectivity index (χ3v) is 4.45. The van der Waals surface area contributed by atoms with Gasteiger partial charge in [0.05, 0.1) is 9.26 Å². The molecular formula is C12H15IN2O2. The Morgan fingerprint density at radius 1 is 1.41 bits per heavy atom. The molecule has 1 saturated heterocycles. The lowest BCUT2D eigenvalue weighted by molar-refractivity contribution is 0.185. The number of aromatic amines is 1. The Hall–Kier alpha value is -0.430. The molecule has 0 amide bonds. The molecule has 4 nitrogen and oxygen atoms in total. The van der Waals surface area contributed by atoms with E-state index in [1.54, 1.807) is 0 Å². The summed E-state index contributed by atoms with van der Waals surface area (Å²) >= 11 is 2.11. The topological polar surface area (TPSA) is 55.0 Å². The van der Waals surface area contributed by atoms with Crippen LogP contribution in [0.25, 0.3) is 0 Å². The molecule has 1 aliphatic carbocycles. The minimum absolute atomic E-state index is 0.0245. The van der Waals surface area contributed by atoms with Crippen LogP contribution >= 0.6 is 22.6 Å². The normalized spacial score (nSPS) is 24.2. The van der Waals surface area contributed by atoms with Gasteiger partial charge in [-0.05, 0) is 47.8 Å². The summed E-state index contributed by atoms with van der Waals surface area (Å²) in [7, 11) is 0. The lowest BCUT2D eigenvalue weighted by Gasteiger charge is -2.09. The fourth-order valence-electron chi connectivity index (χ4n) is 2.27. The van der Waals surface area contributed by atoms with E-state index in [0.29, 0.717) is 11.8 Å². The summed E-state index contributed by atoms with van der Waals surface area (Å²) in [6.07, 6.45) is 4.28. The van der Waals surface area contributed by atoms with Gasteiger partial charge in [0.25, 0.3) is 5.56 Å². The maximum absolute atomic E-state index is 11.8. The minimum atomic E-state index is 0.0245. The number of aromatic nitrogens is 2. The van der Waals surface area contributed by atoms with Gasteiger partial charge in [-0.3, -0.25) is 4.79 Å². The second-order valence-electron chi connectivity index (χ2n) is 4.92. The van der Waals surface area contributed by atoms with Gasteiger partial charge in [-0.1, -0.05) is 0 Å². The van der Waals surface area contributed by atoms with Gasteiger partial charge in [0.15, 0.2) is 0 Å². The molecule has 1 unspecified atom stereocenters. The SMILES string of the molecule is O=c1[nH]c(CC2CCOC2)nc(C2CC2)c1I. The second kappa shape index (κ2) is 4.68. The van der Waals surface area contributed by atoms with Crippen LogP contribution in [0.5, 0.6) is 0 Å². The lowest BCUT2D eigenvalue weighted by Crippen LogP contribution is -2.19. The van der Waals surface area contributed by atoms with Crippen molar-refractivity contribution in [2.75, 3.05) is 13.2 Å². The third-order valence-electron chi connectivity index (χ3n) is 3.41. The van der Waals surface area contributed by atoms with Gasteiger partial charge in [0.2, 0.25) is 0 Å². The quantitative estimate of drug-likeness (QED) is 0.850. The van der Waals surface area contributed by atoms with E-state index in [4.69, 9.17) is 4.74 Å². The van der Waals surface area contributed by atoms with Crippen molar-refractivity contribution in [1.29, 1.82) is 0 Å². The molecule has 17 heavy (non-hydrogen) atoms. The first-order chi connectivity index (χ1) is 8.24. The Bertz CT molecular complexity index is 476. The summed E-state index contributed by atoms with van der Waals surface area (Å²) < 4.78 is 6.13. The molecule has 1 aromatic rings. The fraction of sp³-hybridized carbons (Fsp3) is 0.667. The summed E-state index contributed by atoms with van der Waals surface area (Å²) in [5.74, 6) is 1.89. The Morgan fingerprint density at radius 2 is 2.24 bits per heavy atom. The van der Waals surface area contributed by atoms with Crippen LogP contribution in [0.3, 0.4) is 0 Å². The van der Waals surface area contributed by atoms with Crippen molar-refractivity contribution in [3.05, 3.63) is 25.4 Å². The van der Waals surface area contributed by atoms with Gasteiger partial charge < -0.3 is 9.72 Å². The van der Waals surface area contributed by atoms with Gasteiger partial charge in [-0.2, -0.15) is 0 Å². The molecule has 2 aliphatic rings. The zero-order valence-corrected chi connectivity index (χ0v) is 11.7. The second-order valence-corrected chi connectivity index (χ2v) is 6.00. The van der Waals surface area contributed by atoms with E-state index in [1.807, 2.05) is 0 Å². The van der Waals surface area contributed by atoms with Gasteiger partial charge in [0.1, 0.15) is 5.82 Å². The Balaban J connectivity index is 1.86. The first kappa shape index (κ1) is 11.6. The number of halogens is 1. The molecule has 1 saturated carbocycles. The number of ether oxygens (including phenoxy) is 1. The zero-order valence-electron chi connectivity index (χ0n) is 9.54. The largest absolute Gasteiger partial charge is 0.381 e. The average molecular weight is 346 g/mol. The van der Waals surface area contributed by atoms with Gasteiger partial charge in [-0.15, -0.1) is 0 Å². The van der Waals surface area contributed by atoms with Gasteiger partial charge >= 0.3 is 0 Å². The summed E-state index contributed by atoms with van der Waals surface area (Å²) in [6.45, 7) is 1.64. The van der Waals surface area contributed by atoms with E-state index in [9.17, 15) is 4.79 Å². The van der Waals surface area contributed by atoms with Crippen molar-refractivity contribution in [3.63, 3.8) is 0 Å². The predicted molar refractivity (Wildman–Crippen MR) is 72.2 cm³/mol. The van der Waals surface area contributed by atoms with E-state index in [-0.39, 0.29) is 5.56 Å². The van der Waals surface area contributed by atoms with Crippen LogP contribution in [0.15, 0.2) is 4.79 Å². The molecule has 1 aromatic heterocycles. The highest BCUT2D eigenvalue weighted by Gasteiger charge is 2.29. The molecule has 1 aliphatic heterocycles. The number of nitrogens with one attached hydrogen (secondary N) is 1. The minimum Gasteiger partial charge on any atom is -0.381 e. The number of hydrogen-bond donors (Lipinski definition) is 1. The smallest absolute Gasteiger partial charge is 0.264 e. The highest BCUT2D eigenvalue weighted by atomic mass is 127. The van der Waals surface area contributed by atoms with E-state index in [0.717, 1.165) is 41.1 Å². The van der Waals surface area contributed by atoms with Gasteiger partial charge in [0, 0.05) is 25.6 Å². The maximum atomic E-state index is 11.8. The van der Waals surface area contributed by atoms with Crippen molar-refractivity contribution >= 4 is 22.6 Å². The summed E-state index contributed by atoms with van der Waals surface area (Å²) in [4.78, 5) is 19.4. The summed E-state index contributed by atoms with van der Waals surface area (Å²) in [5.41, 5.74) is 1.04. The Kier molecular flexibility index (Phi) is 3.21. The molecule has 0 aromatic carbocycles. The van der Waals surface area contributed by atoms with Crippen LogP contribution in [-0.4, -0.2) is 23.2 Å². The van der Waals surface area contributed by atoms with E-state index >= 15 is 0 Å². The standard InChI is InChI=1S/C12H15IN2O2/c13-10-11(8-1-2-8)14-9(15-12(10)16)5-7-3-4-17-6-7/h7-8H,1-6H2,(H,14,15,16). The van der Waals surface area contributed by atoms with Crippen LogP contribution in [-0.2, 0) is 11.2 Å². The Labute approximate surface area is 113 Å². The molecule has 92 valence electrons. The Morgan fingerprint density at radius 3 is 2.88 bits per heavy atom. The van der Waals surface area contributed by atoms with Crippen LogP contribution in [0.4, 0.5) is 0 Å². The van der Waals surface area contributed by atoms with Crippen molar-refractivity contribution in [3.8, 4) is 0 Å². The predicted octanol–water partition coefficient (Wildman–Crippen LogP) is 1.83. The molecular weight excluding hydrogens is 331 g/mol.